The molecule has 1 aromatic heterocycles. The average molecular weight is 167 g/mol. The Kier molecular flexibility index (Phi) is 2.58. The molecule has 0 radical (unpaired) electrons. The molecule has 2 N–H and O–H groups in total. The summed E-state index contributed by atoms with van der Waals surface area (Å²) in [6, 6.07) is 0. The normalized spacial score (nSPS) is 13.4. The van der Waals surface area contributed by atoms with Crippen LogP contribution in [-0.2, 0) is 0 Å². The highest BCUT2D eigenvalue weighted by Crippen LogP contribution is 2.23. The van der Waals surface area contributed by atoms with Crippen LogP contribution in [-0.4, -0.2) is 10.1 Å². The third kappa shape index (κ3) is 1.39. The van der Waals surface area contributed by atoms with E-state index in [2.05, 4.69) is 11.9 Å². The predicted octanol–water partition coefficient (Wildman–Crippen LogP) is 2.38. The minimum atomic E-state index is -0.336. The zero-order valence-corrected chi connectivity index (χ0v) is 8.23. The topological polar surface area (TPSA) is 36.0 Å². The molecule has 2 nitrogen and oxygen atoms in total. The van der Waals surface area contributed by atoms with Gasteiger partial charge in [-0.15, -0.1) is 0 Å². The lowest BCUT2D eigenvalue weighted by Crippen LogP contribution is -1.97. The molecule has 68 valence electrons. The molecular weight excluding hydrogens is 150 g/mol. The minimum Gasteiger partial charge on any atom is -0.387 e. The van der Waals surface area contributed by atoms with Crippen molar-refractivity contribution in [1.29, 1.82) is 0 Å². The van der Waals surface area contributed by atoms with E-state index in [0.29, 0.717) is 0 Å². The number of nitrogens with one attached hydrogen (secondary N) is 1. The lowest BCUT2D eigenvalue weighted by atomic mass is 10.1. The Hall–Kier alpha value is -0.760. The SMILES string of the molecule is CC[C@@H](O)c1[nH]c(C)c(C)c1C. The van der Waals surface area contributed by atoms with Crippen LogP contribution in [0.15, 0.2) is 0 Å². The molecule has 0 saturated carbocycles. The number of aryl methyl sites for hydroxylation is 1. The molecule has 0 aliphatic heterocycles. The van der Waals surface area contributed by atoms with Crippen molar-refractivity contribution < 1.29 is 5.11 Å². The zero-order chi connectivity index (χ0) is 9.30. The van der Waals surface area contributed by atoms with E-state index in [1.165, 1.54) is 11.1 Å². The van der Waals surface area contributed by atoms with Crippen molar-refractivity contribution >= 4 is 0 Å². The third-order valence-corrected chi connectivity index (χ3v) is 2.57. The summed E-state index contributed by atoms with van der Waals surface area (Å²) in [5.41, 5.74) is 4.60. The number of rotatable bonds is 2. The lowest BCUT2D eigenvalue weighted by molar-refractivity contribution is 0.168. The molecule has 0 aliphatic rings. The van der Waals surface area contributed by atoms with Crippen LogP contribution in [0.3, 0.4) is 0 Å². The van der Waals surface area contributed by atoms with Gasteiger partial charge in [-0.05, 0) is 38.3 Å². The van der Waals surface area contributed by atoms with Gasteiger partial charge in [0.25, 0.3) is 0 Å². The van der Waals surface area contributed by atoms with Crippen LogP contribution in [0.1, 0.15) is 42.0 Å². The summed E-state index contributed by atoms with van der Waals surface area (Å²) in [5, 5.41) is 9.62. The quantitative estimate of drug-likeness (QED) is 0.697. The largest absolute Gasteiger partial charge is 0.387 e. The molecule has 0 aromatic carbocycles. The smallest absolute Gasteiger partial charge is 0.0937 e. The Labute approximate surface area is 73.6 Å². The molecule has 0 spiro atoms. The molecule has 0 fully saturated rings. The molecule has 1 rings (SSSR count). The molecule has 0 amide bonds. The van der Waals surface area contributed by atoms with E-state index in [1.807, 2.05) is 20.8 Å². The highest BCUT2D eigenvalue weighted by molar-refractivity contribution is 5.35. The number of aromatic nitrogens is 1. The van der Waals surface area contributed by atoms with Crippen molar-refractivity contribution in [3.63, 3.8) is 0 Å². The van der Waals surface area contributed by atoms with E-state index in [-0.39, 0.29) is 6.10 Å². The maximum atomic E-state index is 9.62. The number of hydrogen-bond donors (Lipinski definition) is 2. The van der Waals surface area contributed by atoms with Crippen molar-refractivity contribution in [3.05, 3.63) is 22.5 Å². The molecule has 1 heterocycles. The van der Waals surface area contributed by atoms with Gasteiger partial charge >= 0.3 is 0 Å². The van der Waals surface area contributed by atoms with Gasteiger partial charge < -0.3 is 10.1 Å². The van der Waals surface area contributed by atoms with Gasteiger partial charge in [0.2, 0.25) is 0 Å². The molecule has 1 atom stereocenters. The number of aliphatic hydroxyl groups excluding tert-OH is 1. The first-order valence-electron chi connectivity index (χ1n) is 4.41. The van der Waals surface area contributed by atoms with Crippen molar-refractivity contribution in [2.45, 2.75) is 40.2 Å². The van der Waals surface area contributed by atoms with Crippen molar-refractivity contribution in [3.8, 4) is 0 Å². The summed E-state index contributed by atoms with van der Waals surface area (Å²) < 4.78 is 0. The van der Waals surface area contributed by atoms with E-state index in [9.17, 15) is 5.11 Å². The van der Waals surface area contributed by atoms with Gasteiger partial charge in [0.15, 0.2) is 0 Å². The average Bonchev–Trinajstić information content (AvgIpc) is 2.32. The van der Waals surface area contributed by atoms with E-state index in [4.69, 9.17) is 0 Å². The second-order valence-electron chi connectivity index (χ2n) is 3.34. The lowest BCUT2D eigenvalue weighted by Gasteiger charge is -2.06. The van der Waals surface area contributed by atoms with Crippen LogP contribution >= 0.6 is 0 Å². The molecule has 1 aromatic rings. The summed E-state index contributed by atoms with van der Waals surface area (Å²) in [5.74, 6) is 0. The Bertz CT molecular complexity index is 276. The van der Waals surface area contributed by atoms with Crippen molar-refractivity contribution in [2.75, 3.05) is 0 Å². The second kappa shape index (κ2) is 3.31. The van der Waals surface area contributed by atoms with Gasteiger partial charge in [-0.2, -0.15) is 0 Å². The first-order chi connectivity index (χ1) is 5.57. The number of aliphatic hydroxyl groups is 1. The van der Waals surface area contributed by atoms with Crippen LogP contribution in [0.4, 0.5) is 0 Å². The van der Waals surface area contributed by atoms with Gasteiger partial charge in [-0.25, -0.2) is 0 Å². The number of hydrogen-bond acceptors (Lipinski definition) is 1. The summed E-state index contributed by atoms with van der Waals surface area (Å²) in [4.78, 5) is 3.21. The highest BCUT2D eigenvalue weighted by atomic mass is 16.3. The Morgan fingerprint density at radius 2 is 1.83 bits per heavy atom. The van der Waals surface area contributed by atoms with Crippen LogP contribution < -0.4 is 0 Å². The van der Waals surface area contributed by atoms with E-state index in [1.54, 1.807) is 0 Å². The van der Waals surface area contributed by atoms with Gasteiger partial charge in [0.05, 0.1) is 6.10 Å². The molecule has 0 unspecified atom stereocenters. The Morgan fingerprint density at radius 1 is 1.25 bits per heavy atom. The molecule has 0 saturated heterocycles. The van der Waals surface area contributed by atoms with Gasteiger partial charge in [-0.3, -0.25) is 0 Å². The van der Waals surface area contributed by atoms with Crippen LogP contribution in [0, 0.1) is 20.8 Å². The van der Waals surface area contributed by atoms with Crippen molar-refractivity contribution in [1.82, 2.24) is 4.98 Å². The molecule has 0 aliphatic carbocycles. The Morgan fingerprint density at radius 3 is 2.17 bits per heavy atom. The van der Waals surface area contributed by atoms with E-state index >= 15 is 0 Å². The van der Waals surface area contributed by atoms with Crippen LogP contribution in [0.2, 0.25) is 0 Å². The fourth-order valence-corrected chi connectivity index (χ4v) is 1.41. The summed E-state index contributed by atoms with van der Waals surface area (Å²) in [6.45, 7) is 8.14. The molecule has 0 bridgehead atoms. The third-order valence-electron chi connectivity index (χ3n) is 2.57. The summed E-state index contributed by atoms with van der Waals surface area (Å²) in [7, 11) is 0. The monoisotopic (exact) mass is 167 g/mol. The first kappa shape index (κ1) is 9.33. The molecule has 2 heteroatoms. The van der Waals surface area contributed by atoms with Crippen molar-refractivity contribution in [2.24, 2.45) is 0 Å². The summed E-state index contributed by atoms with van der Waals surface area (Å²) in [6.07, 6.45) is 0.428. The first-order valence-corrected chi connectivity index (χ1v) is 4.41. The van der Waals surface area contributed by atoms with E-state index < -0.39 is 0 Å². The fraction of sp³-hybridized carbons (Fsp3) is 0.600. The maximum absolute atomic E-state index is 9.62. The Balaban J connectivity index is 3.08. The minimum absolute atomic E-state index is 0.336. The standard InChI is InChI=1S/C10H17NO/c1-5-9(12)10-7(3)6(2)8(4)11-10/h9,11-12H,5H2,1-4H3/t9-/m1/s1. The number of aromatic amines is 1. The van der Waals surface area contributed by atoms with Gasteiger partial charge in [-0.1, -0.05) is 6.92 Å². The second-order valence-corrected chi connectivity index (χ2v) is 3.34. The summed E-state index contributed by atoms with van der Waals surface area (Å²) >= 11 is 0. The fourth-order valence-electron chi connectivity index (χ4n) is 1.41. The number of H-pyrrole nitrogens is 1. The molecular formula is C10H17NO. The predicted molar refractivity (Wildman–Crippen MR) is 50.3 cm³/mol. The van der Waals surface area contributed by atoms with Crippen LogP contribution in [0.25, 0.3) is 0 Å². The van der Waals surface area contributed by atoms with Crippen LogP contribution in [0.5, 0.6) is 0 Å². The maximum Gasteiger partial charge on any atom is 0.0937 e. The van der Waals surface area contributed by atoms with Gasteiger partial charge in [0.1, 0.15) is 0 Å². The zero-order valence-electron chi connectivity index (χ0n) is 8.23. The highest BCUT2D eigenvalue weighted by Gasteiger charge is 2.13. The molecule has 12 heavy (non-hydrogen) atoms. The van der Waals surface area contributed by atoms with Gasteiger partial charge in [0, 0.05) is 11.4 Å². The van der Waals surface area contributed by atoms with E-state index in [0.717, 1.165) is 17.8 Å².